The molecule has 1 unspecified atom stereocenters. The largest absolute Gasteiger partial charge is 0.392 e. The molecule has 4 aromatic carbocycles. The van der Waals surface area contributed by atoms with Crippen LogP contribution in [0.25, 0.3) is 21.5 Å². The molecule has 0 saturated carbocycles. The molecule has 1 atom stereocenters. The van der Waals surface area contributed by atoms with Gasteiger partial charge in [-0.2, -0.15) is 0 Å². The Kier molecular flexibility index (Phi) is 5.22. The van der Waals surface area contributed by atoms with Crippen molar-refractivity contribution in [1.82, 2.24) is 0 Å². The number of thioether (sulfide) groups is 1. The zero-order valence-electron chi connectivity index (χ0n) is 16.4. The maximum Gasteiger partial charge on any atom is 0.0769 e. The van der Waals surface area contributed by atoms with Crippen molar-refractivity contribution < 1.29 is 5.11 Å². The summed E-state index contributed by atoms with van der Waals surface area (Å²) in [5, 5.41) is 14.6. The molecule has 3 heteroatoms. The summed E-state index contributed by atoms with van der Waals surface area (Å²) >= 11 is 1.87. The Morgan fingerprint density at radius 2 is 1.47 bits per heavy atom. The average Bonchev–Trinajstić information content (AvgIpc) is 2.81. The molecule has 1 aliphatic heterocycles. The van der Waals surface area contributed by atoms with Gasteiger partial charge in [-0.15, -0.1) is 11.8 Å². The lowest BCUT2D eigenvalue weighted by Gasteiger charge is -2.21. The van der Waals surface area contributed by atoms with Gasteiger partial charge in [-0.05, 0) is 51.4 Å². The number of hydrogen-bond acceptors (Lipinski definition) is 3. The van der Waals surface area contributed by atoms with Gasteiger partial charge in [-0.1, -0.05) is 78.9 Å². The van der Waals surface area contributed by atoms with Crippen LogP contribution in [-0.4, -0.2) is 16.1 Å². The van der Waals surface area contributed by atoms with E-state index < -0.39 is 0 Å². The maximum atomic E-state index is 9.53. The molecule has 2 aliphatic rings. The van der Waals surface area contributed by atoms with Crippen molar-refractivity contribution in [2.45, 2.75) is 16.8 Å². The highest BCUT2D eigenvalue weighted by molar-refractivity contribution is 8.01. The fourth-order valence-electron chi connectivity index (χ4n) is 3.92. The fourth-order valence-corrected chi connectivity index (χ4v) is 5.00. The van der Waals surface area contributed by atoms with Gasteiger partial charge in [0.2, 0.25) is 0 Å². The minimum atomic E-state index is 0.0852. The van der Waals surface area contributed by atoms with E-state index in [9.17, 15) is 5.11 Å². The van der Waals surface area contributed by atoms with Crippen LogP contribution in [0.5, 0.6) is 0 Å². The summed E-state index contributed by atoms with van der Waals surface area (Å²) in [6.07, 6.45) is 8.42. The number of benzene rings is 4. The van der Waals surface area contributed by atoms with E-state index in [0.717, 1.165) is 27.7 Å². The number of hydrogen-bond donors (Lipinski definition) is 1. The van der Waals surface area contributed by atoms with Crippen molar-refractivity contribution in [2.24, 2.45) is 4.99 Å². The number of allylic oxidation sites excluding steroid dienone is 3. The number of aliphatic hydroxyl groups excluding tert-OH is 1. The molecular formula is C27H21NOS. The van der Waals surface area contributed by atoms with Crippen molar-refractivity contribution in [3.05, 3.63) is 109 Å². The van der Waals surface area contributed by atoms with Gasteiger partial charge >= 0.3 is 0 Å². The van der Waals surface area contributed by atoms with Gasteiger partial charge in [0.25, 0.3) is 0 Å². The van der Waals surface area contributed by atoms with E-state index in [0.29, 0.717) is 5.25 Å². The first-order valence-corrected chi connectivity index (χ1v) is 10.9. The Labute approximate surface area is 180 Å². The molecule has 1 aliphatic carbocycles. The molecule has 0 fully saturated rings. The lowest BCUT2D eigenvalue weighted by molar-refractivity contribution is 0.285. The molecule has 0 amide bonds. The predicted octanol–water partition coefficient (Wildman–Crippen LogP) is 6.84. The first-order valence-electron chi connectivity index (χ1n) is 10.0. The van der Waals surface area contributed by atoms with E-state index in [1.807, 2.05) is 48.2 Å². The minimum absolute atomic E-state index is 0.0852. The molecule has 30 heavy (non-hydrogen) atoms. The lowest BCUT2D eigenvalue weighted by Crippen LogP contribution is -2.16. The molecule has 0 radical (unpaired) electrons. The second kappa shape index (κ2) is 8.31. The van der Waals surface area contributed by atoms with Crippen LogP contribution in [0.15, 0.2) is 113 Å². The minimum Gasteiger partial charge on any atom is -0.392 e. The molecule has 0 spiro atoms. The second-order valence-corrected chi connectivity index (χ2v) is 8.43. The highest BCUT2D eigenvalue weighted by atomic mass is 32.2. The molecule has 1 N–H and O–H groups in total. The summed E-state index contributed by atoms with van der Waals surface area (Å²) in [6.45, 7) is 0.0852. The van der Waals surface area contributed by atoms with Crippen LogP contribution in [0.2, 0.25) is 0 Å². The Morgan fingerprint density at radius 3 is 2.20 bits per heavy atom. The lowest BCUT2D eigenvalue weighted by atomic mass is 9.97. The summed E-state index contributed by atoms with van der Waals surface area (Å²) in [5.74, 6) is 0. The molecule has 0 saturated heterocycles. The topological polar surface area (TPSA) is 32.6 Å². The number of aliphatic imine (C=N–C) groups is 1. The van der Waals surface area contributed by atoms with E-state index in [2.05, 4.69) is 71.8 Å². The zero-order valence-corrected chi connectivity index (χ0v) is 17.2. The van der Waals surface area contributed by atoms with Crippen LogP contribution in [0.3, 0.4) is 0 Å². The third-order valence-corrected chi connectivity index (χ3v) is 6.62. The summed E-state index contributed by atoms with van der Waals surface area (Å²) in [5.41, 5.74) is 3.29. The number of fused-ring (bicyclic) bond motifs is 4. The molecule has 6 rings (SSSR count). The van der Waals surface area contributed by atoms with Gasteiger partial charge in [0.1, 0.15) is 0 Å². The van der Waals surface area contributed by atoms with Crippen LogP contribution in [-0.2, 0) is 6.61 Å². The van der Waals surface area contributed by atoms with Gasteiger partial charge in [-0.3, -0.25) is 4.99 Å². The summed E-state index contributed by atoms with van der Waals surface area (Å²) < 4.78 is 0. The van der Waals surface area contributed by atoms with Gasteiger partial charge < -0.3 is 5.11 Å². The van der Waals surface area contributed by atoms with Crippen LogP contribution in [0, 0.1) is 0 Å². The second-order valence-electron chi connectivity index (χ2n) is 7.24. The van der Waals surface area contributed by atoms with Crippen molar-refractivity contribution in [3.8, 4) is 0 Å². The van der Waals surface area contributed by atoms with Crippen molar-refractivity contribution in [2.75, 3.05) is 0 Å². The predicted molar refractivity (Wildman–Crippen MR) is 129 cm³/mol. The number of rotatable bonds is 1. The summed E-state index contributed by atoms with van der Waals surface area (Å²) in [6, 6.07) is 26.8. The Hall–Kier alpha value is -3.14. The zero-order chi connectivity index (χ0) is 20.3. The first-order chi connectivity index (χ1) is 14.8. The van der Waals surface area contributed by atoms with Gasteiger partial charge in [0.05, 0.1) is 23.3 Å². The van der Waals surface area contributed by atoms with Gasteiger partial charge in [-0.25, -0.2) is 0 Å². The molecule has 0 aromatic heterocycles. The van der Waals surface area contributed by atoms with Crippen molar-refractivity contribution in [3.63, 3.8) is 0 Å². The van der Waals surface area contributed by atoms with Gasteiger partial charge in [0, 0.05) is 4.90 Å². The van der Waals surface area contributed by atoms with Crippen molar-refractivity contribution >= 4 is 44.7 Å². The Bertz CT molecular complexity index is 1270. The number of nitrogens with zero attached hydrogens (tertiary/aromatic N) is 1. The maximum absolute atomic E-state index is 9.53. The average molecular weight is 408 g/mol. The van der Waals surface area contributed by atoms with Crippen LogP contribution in [0.1, 0.15) is 5.56 Å². The fraction of sp³-hybridized carbons (Fsp3) is 0.0741. The standard InChI is InChI=1S/C15H12O.C12H9NS/c16-10-15-13-7-3-1-5-11(13)9-12-6-2-4-8-14(12)15;1-3-7-11-9(5-1)13-10-6-2-4-8-12(10)14-11/h1-9,16H,10H2;1-8,11H. The van der Waals surface area contributed by atoms with E-state index in [-0.39, 0.29) is 6.61 Å². The Balaban J connectivity index is 0.000000130. The quantitative estimate of drug-likeness (QED) is 0.350. The molecular weight excluding hydrogens is 386 g/mol. The normalized spacial score (nSPS) is 16.4. The number of para-hydroxylation sites is 1. The highest BCUT2D eigenvalue weighted by Crippen LogP contribution is 2.39. The van der Waals surface area contributed by atoms with Crippen LogP contribution >= 0.6 is 11.8 Å². The third-order valence-electron chi connectivity index (χ3n) is 5.37. The van der Waals surface area contributed by atoms with Crippen LogP contribution < -0.4 is 0 Å². The SMILES string of the molecule is C1=CC2=Nc3ccccc3SC2C=C1.OCc1c2ccccc2cc2ccccc12. The van der Waals surface area contributed by atoms with Gasteiger partial charge in [0.15, 0.2) is 0 Å². The van der Waals surface area contributed by atoms with E-state index in [1.54, 1.807) is 0 Å². The van der Waals surface area contributed by atoms with Crippen LogP contribution in [0.4, 0.5) is 5.69 Å². The molecule has 2 nitrogen and oxygen atoms in total. The summed E-state index contributed by atoms with van der Waals surface area (Å²) in [4.78, 5) is 5.90. The highest BCUT2D eigenvalue weighted by Gasteiger charge is 2.20. The molecule has 4 aromatic rings. The third kappa shape index (κ3) is 3.58. The van der Waals surface area contributed by atoms with E-state index in [4.69, 9.17) is 0 Å². The summed E-state index contributed by atoms with van der Waals surface area (Å²) in [7, 11) is 0. The molecule has 0 bridgehead atoms. The molecule has 146 valence electrons. The smallest absolute Gasteiger partial charge is 0.0769 e. The first kappa shape index (κ1) is 18.9. The molecule has 1 heterocycles. The monoisotopic (exact) mass is 407 g/mol. The van der Waals surface area contributed by atoms with E-state index in [1.165, 1.54) is 15.7 Å². The Morgan fingerprint density at radius 1 is 0.800 bits per heavy atom. The van der Waals surface area contributed by atoms with Crippen molar-refractivity contribution in [1.29, 1.82) is 0 Å². The van der Waals surface area contributed by atoms with E-state index >= 15 is 0 Å². The number of aliphatic hydroxyl groups is 1.